The number of hydrogen-bond acceptors (Lipinski definition) is 4. The summed E-state index contributed by atoms with van der Waals surface area (Å²) in [6.07, 6.45) is 5.41. The summed E-state index contributed by atoms with van der Waals surface area (Å²) in [7, 11) is -3.21. The van der Waals surface area contributed by atoms with Crippen molar-refractivity contribution < 1.29 is 8.42 Å². The van der Waals surface area contributed by atoms with Crippen molar-refractivity contribution in [3.05, 3.63) is 18.3 Å². The molecule has 1 saturated carbocycles. The molecule has 1 aliphatic rings. The molecule has 5 heteroatoms. The quantitative estimate of drug-likeness (QED) is 0.872. The van der Waals surface area contributed by atoms with E-state index in [1.165, 1.54) is 19.1 Å². The third-order valence-corrected chi connectivity index (χ3v) is 4.32. The van der Waals surface area contributed by atoms with Crippen LogP contribution in [0.25, 0.3) is 0 Å². The Morgan fingerprint density at radius 2 is 2.24 bits per heavy atom. The van der Waals surface area contributed by atoms with Crippen LogP contribution in [0.4, 0.5) is 5.82 Å². The summed E-state index contributed by atoms with van der Waals surface area (Å²) < 4.78 is 23.1. The van der Waals surface area contributed by atoms with E-state index < -0.39 is 9.84 Å². The third kappa shape index (κ3) is 3.19. The number of sulfone groups is 1. The molecule has 1 aromatic heterocycles. The maximum atomic E-state index is 11.6. The standard InChI is InChI=1S/C12H18N2O2S/c1-9(10-5-6-10)8-14-12-11(17(2,15)16)4-3-7-13-12/h3-4,7,9-10H,5-6,8H2,1-2H3,(H,13,14). The van der Waals surface area contributed by atoms with Crippen LogP contribution in [0.5, 0.6) is 0 Å². The minimum Gasteiger partial charge on any atom is -0.369 e. The molecule has 1 N–H and O–H groups in total. The van der Waals surface area contributed by atoms with Crippen LogP contribution in [0.1, 0.15) is 19.8 Å². The molecule has 0 bridgehead atoms. The average molecular weight is 254 g/mol. The average Bonchev–Trinajstić information content (AvgIpc) is 3.08. The Hall–Kier alpha value is -1.10. The first-order valence-electron chi connectivity index (χ1n) is 5.87. The Morgan fingerprint density at radius 1 is 1.53 bits per heavy atom. The van der Waals surface area contributed by atoms with Gasteiger partial charge in [0.15, 0.2) is 9.84 Å². The van der Waals surface area contributed by atoms with E-state index in [9.17, 15) is 8.42 Å². The molecule has 0 radical (unpaired) electrons. The molecule has 1 fully saturated rings. The molecule has 17 heavy (non-hydrogen) atoms. The molecular formula is C12H18N2O2S. The lowest BCUT2D eigenvalue weighted by Crippen LogP contribution is -2.15. The molecule has 1 heterocycles. The van der Waals surface area contributed by atoms with Gasteiger partial charge in [-0.05, 0) is 36.8 Å². The van der Waals surface area contributed by atoms with Gasteiger partial charge in [0.1, 0.15) is 10.7 Å². The number of aromatic nitrogens is 1. The van der Waals surface area contributed by atoms with Gasteiger partial charge in [-0.15, -0.1) is 0 Å². The molecule has 0 amide bonds. The summed E-state index contributed by atoms with van der Waals surface area (Å²) in [5, 5.41) is 3.15. The molecule has 1 aromatic rings. The van der Waals surface area contributed by atoms with Crippen LogP contribution in [-0.4, -0.2) is 26.2 Å². The van der Waals surface area contributed by atoms with Crippen LogP contribution in [0.15, 0.2) is 23.2 Å². The number of pyridine rings is 1. The fourth-order valence-corrected chi connectivity index (χ4v) is 2.71. The van der Waals surface area contributed by atoms with Crippen LogP contribution in [0, 0.1) is 11.8 Å². The van der Waals surface area contributed by atoms with Crippen molar-refractivity contribution in [1.82, 2.24) is 4.98 Å². The van der Waals surface area contributed by atoms with Gasteiger partial charge >= 0.3 is 0 Å². The second-order valence-corrected chi connectivity index (χ2v) is 6.80. The van der Waals surface area contributed by atoms with Crippen LogP contribution in [0.2, 0.25) is 0 Å². The predicted molar refractivity (Wildman–Crippen MR) is 67.7 cm³/mol. The van der Waals surface area contributed by atoms with Crippen molar-refractivity contribution in [1.29, 1.82) is 0 Å². The minimum absolute atomic E-state index is 0.281. The fourth-order valence-electron chi connectivity index (χ4n) is 1.91. The van der Waals surface area contributed by atoms with Crippen molar-refractivity contribution in [2.75, 3.05) is 18.1 Å². The molecule has 1 aliphatic carbocycles. The van der Waals surface area contributed by atoms with E-state index in [0.29, 0.717) is 11.7 Å². The van der Waals surface area contributed by atoms with Gasteiger partial charge in [0.25, 0.3) is 0 Å². The molecule has 0 saturated heterocycles. The van der Waals surface area contributed by atoms with E-state index >= 15 is 0 Å². The molecular weight excluding hydrogens is 236 g/mol. The number of nitrogens with one attached hydrogen (secondary N) is 1. The lowest BCUT2D eigenvalue weighted by atomic mass is 10.1. The molecule has 0 aromatic carbocycles. The number of hydrogen-bond donors (Lipinski definition) is 1. The van der Waals surface area contributed by atoms with Gasteiger partial charge in [0, 0.05) is 19.0 Å². The molecule has 4 nitrogen and oxygen atoms in total. The Balaban J connectivity index is 2.09. The highest BCUT2D eigenvalue weighted by Crippen LogP contribution is 2.36. The van der Waals surface area contributed by atoms with E-state index in [1.807, 2.05) is 0 Å². The molecule has 0 aliphatic heterocycles. The third-order valence-electron chi connectivity index (χ3n) is 3.19. The van der Waals surface area contributed by atoms with Gasteiger partial charge < -0.3 is 5.32 Å². The Bertz CT molecular complexity index is 495. The summed E-state index contributed by atoms with van der Waals surface area (Å²) in [4.78, 5) is 4.39. The highest BCUT2D eigenvalue weighted by atomic mass is 32.2. The van der Waals surface area contributed by atoms with Crippen molar-refractivity contribution >= 4 is 15.7 Å². The summed E-state index contributed by atoms with van der Waals surface area (Å²) >= 11 is 0. The van der Waals surface area contributed by atoms with Gasteiger partial charge in [-0.3, -0.25) is 0 Å². The number of anilines is 1. The van der Waals surface area contributed by atoms with Gasteiger partial charge in [-0.1, -0.05) is 6.92 Å². The minimum atomic E-state index is -3.21. The van der Waals surface area contributed by atoms with Crippen LogP contribution in [0.3, 0.4) is 0 Å². The van der Waals surface area contributed by atoms with Crippen LogP contribution in [-0.2, 0) is 9.84 Å². The fraction of sp³-hybridized carbons (Fsp3) is 0.583. The SMILES string of the molecule is CC(CNc1ncccc1S(C)(=O)=O)C1CC1. The number of nitrogens with zero attached hydrogens (tertiary/aromatic N) is 1. The predicted octanol–water partition coefficient (Wildman–Crippen LogP) is 1.94. The van der Waals surface area contributed by atoms with Crippen LogP contribution < -0.4 is 5.32 Å². The summed E-state index contributed by atoms with van der Waals surface area (Å²) in [6.45, 7) is 2.97. The summed E-state index contributed by atoms with van der Waals surface area (Å²) in [5.74, 6) is 1.85. The van der Waals surface area contributed by atoms with Crippen molar-refractivity contribution in [3.63, 3.8) is 0 Å². The first-order chi connectivity index (χ1) is 7.98. The van der Waals surface area contributed by atoms with Crippen molar-refractivity contribution in [3.8, 4) is 0 Å². The molecule has 1 unspecified atom stereocenters. The lowest BCUT2D eigenvalue weighted by molar-refractivity contribution is 0.535. The maximum Gasteiger partial charge on any atom is 0.179 e. The zero-order valence-corrected chi connectivity index (χ0v) is 11.0. The van der Waals surface area contributed by atoms with Crippen molar-refractivity contribution in [2.24, 2.45) is 11.8 Å². The first-order valence-corrected chi connectivity index (χ1v) is 7.76. The Labute approximate surface area is 102 Å². The topological polar surface area (TPSA) is 59.1 Å². The normalized spacial score (nSPS) is 17.8. The molecule has 2 rings (SSSR count). The Kier molecular flexibility index (Phi) is 3.38. The van der Waals surface area contributed by atoms with E-state index in [2.05, 4.69) is 17.2 Å². The zero-order chi connectivity index (χ0) is 12.5. The van der Waals surface area contributed by atoms with E-state index in [-0.39, 0.29) is 4.90 Å². The first kappa shape index (κ1) is 12.4. The van der Waals surface area contributed by atoms with Gasteiger partial charge in [-0.2, -0.15) is 0 Å². The second kappa shape index (κ2) is 4.64. The lowest BCUT2D eigenvalue weighted by Gasteiger charge is -2.13. The maximum absolute atomic E-state index is 11.6. The Morgan fingerprint density at radius 3 is 2.82 bits per heavy atom. The largest absolute Gasteiger partial charge is 0.369 e. The van der Waals surface area contributed by atoms with Gasteiger partial charge in [-0.25, -0.2) is 13.4 Å². The molecule has 0 spiro atoms. The smallest absolute Gasteiger partial charge is 0.179 e. The highest BCUT2D eigenvalue weighted by molar-refractivity contribution is 7.90. The van der Waals surface area contributed by atoms with E-state index in [4.69, 9.17) is 0 Å². The van der Waals surface area contributed by atoms with Gasteiger partial charge in [0.05, 0.1) is 0 Å². The van der Waals surface area contributed by atoms with E-state index in [1.54, 1.807) is 18.3 Å². The zero-order valence-electron chi connectivity index (χ0n) is 10.2. The number of rotatable bonds is 5. The second-order valence-electron chi connectivity index (χ2n) is 4.82. The monoisotopic (exact) mass is 254 g/mol. The summed E-state index contributed by atoms with van der Waals surface area (Å²) in [6, 6.07) is 3.23. The highest BCUT2D eigenvalue weighted by Gasteiger charge is 2.27. The summed E-state index contributed by atoms with van der Waals surface area (Å²) in [5.41, 5.74) is 0. The van der Waals surface area contributed by atoms with Gasteiger partial charge in [0.2, 0.25) is 0 Å². The molecule has 1 atom stereocenters. The van der Waals surface area contributed by atoms with Crippen LogP contribution >= 0.6 is 0 Å². The van der Waals surface area contributed by atoms with E-state index in [0.717, 1.165) is 12.5 Å². The van der Waals surface area contributed by atoms with Crippen molar-refractivity contribution in [2.45, 2.75) is 24.7 Å². The molecule has 94 valence electrons.